The molecule has 24 heavy (non-hydrogen) atoms. The van der Waals surface area contributed by atoms with Gasteiger partial charge < -0.3 is 15.2 Å². The van der Waals surface area contributed by atoms with Gasteiger partial charge in [-0.05, 0) is 49.3 Å². The minimum absolute atomic E-state index is 0.0880. The number of H-pyrrole nitrogens is 1. The van der Waals surface area contributed by atoms with E-state index in [0.717, 1.165) is 42.7 Å². The van der Waals surface area contributed by atoms with Gasteiger partial charge in [-0.2, -0.15) is 0 Å². The molecule has 0 unspecified atom stereocenters. The molecule has 1 saturated heterocycles. The zero-order chi connectivity index (χ0) is 16.5. The lowest BCUT2D eigenvalue weighted by Crippen LogP contribution is -2.35. The van der Waals surface area contributed by atoms with E-state index in [9.17, 15) is 4.79 Å². The summed E-state index contributed by atoms with van der Waals surface area (Å²) >= 11 is 1.65. The topological polar surface area (TPSA) is 61.0 Å². The van der Waals surface area contributed by atoms with Gasteiger partial charge in [-0.3, -0.25) is 4.79 Å². The van der Waals surface area contributed by atoms with Gasteiger partial charge in [0.2, 0.25) is 5.95 Å². The van der Waals surface area contributed by atoms with E-state index in [1.807, 2.05) is 23.1 Å². The standard InChI is InChI=1S/C18H20N4OS/c1-12-10-24-11-15(12)20-18-19-14-7-5-6-13(16(14)21-18)17(23)22-8-3-2-4-9-22/h5-7,10-11H,2-4,8-9H2,1H3,(H2,19,20,21). The van der Waals surface area contributed by atoms with Gasteiger partial charge in [-0.25, -0.2) is 4.98 Å². The predicted molar refractivity (Wildman–Crippen MR) is 98.2 cm³/mol. The van der Waals surface area contributed by atoms with Crippen LogP contribution in [0.2, 0.25) is 0 Å². The highest BCUT2D eigenvalue weighted by molar-refractivity contribution is 7.08. The number of nitrogens with one attached hydrogen (secondary N) is 2. The number of likely N-dealkylation sites (tertiary alicyclic amines) is 1. The van der Waals surface area contributed by atoms with Gasteiger partial charge in [0.25, 0.3) is 5.91 Å². The number of amides is 1. The summed E-state index contributed by atoms with van der Waals surface area (Å²) < 4.78 is 0. The molecule has 0 atom stereocenters. The average Bonchev–Trinajstić information content (AvgIpc) is 3.21. The highest BCUT2D eigenvalue weighted by Gasteiger charge is 2.21. The van der Waals surface area contributed by atoms with Crippen molar-refractivity contribution in [1.82, 2.24) is 14.9 Å². The number of nitrogens with zero attached hydrogens (tertiary/aromatic N) is 2. The molecule has 3 heterocycles. The van der Waals surface area contributed by atoms with Gasteiger partial charge in [0.15, 0.2) is 0 Å². The van der Waals surface area contributed by atoms with Gasteiger partial charge in [0, 0.05) is 18.5 Å². The molecular formula is C18H20N4OS. The number of fused-ring (bicyclic) bond motifs is 1. The maximum atomic E-state index is 12.8. The molecule has 1 fully saturated rings. The number of carbonyl (C=O) groups is 1. The Kier molecular flexibility index (Phi) is 3.98. The van der Waals surface area contributed by atoms with Crippen molar-refractivity contribution in [2.45, 2.75) is 26.2 Å². The molecule has 1 aliphatic heterocycles. The third-order valence-electron chi connectivity index (χ3n) is 4.50. The Hall–Kier alpha value is -2.34. The molecule has 1 aromatic carbocycles. The van der Waals surface area contributed by atoms with Crippen molar-refractivity contribution in [1.29, 1.82) is 0 Å². The van der Waals surface area contributed by atoms with E-state index in [0.29, 0.717) is 11.5 Å². The van der Waals surface area contributed by atoms with E-state index in [1.165, 1.54) is 12.0 Å². The first-order valence-electron chi connectivity index (χ1n) is 8.30. The lowest BCUT2D eigenvalue weighted by molar-refractivity contribution is 0.0726. The van der Waals surface area contributed by atoms with Crippen LogP contribution in [0, 0.1) is 6.92 Å². The largest absolute Gasteiger partial charge is 0.339 e. The van der Waals surface area contributed by atoms with Crippen LogP contribution >= 0.6 is 11.3 Å². The normalized spacial score (nSPS) is 15.0. The second-order valence-electron chi connectivity index (χ2n) is 6.23. The first-order valence-corrected chi connectivity index (χ1v) is 9.24. The number of aryl methyl sites for hydroxylation is 1. The molecule has 1 amide bonds. The summed E-state index contributed by atoms with van der Waals surface area (Å²) in [6, 6.07) is 5.75. The number of anilines is 2. The van der Waals surface area contributed by atoms with Crippen molar-refractivity contribution in [2.75, 3.05) is 18.4 Å². The highest BCUT2D eigenvalue weighted by atomic mass is 32.1. The number of piperidine rings is 1. The molecule has 0 bridgehead atoms. The molecule has 2 N–H and O–H groups in total. The first kappa shape index (κ1) is 15.2. The van der Waals surface area contributed by atoms with Crippen molar-refractivity contribution in [3.05, 3.63) is 40.1 Å². The zero-order valence-corrected chi connectivity index (χ0v) is 14.4. The van der Waals surface area contributed by atoms with E-state index in [2.05, 4.69) is 33.0 Å². The van der Waals surface area contributed by atoms with Gasteiger partial charge in [-0.15, -0.1) is 11.3 Å². The number of imidazole rings is 1. The summed E-state index contributed by atoms with van der Waals surface area (Å²) in [5, 5.41) is 7.46. The fraction of sp³-hybridized carbons (Fsp3) is 0.333. The number of para-hydroxylation sites is 1. The summed E-state index contributed by atoms with van der Waals surface area (Å²) in [5.74, 6) is 0.760. The SMILES string of the molecule is Cc1cscc1Nc1nc2c(C(=O)N3CCCCC3)cccc2[nH]1. The van der Waals surface area contributed by atoms with E-state index in [4.69, 9.17) is 0 Å². The Morgan fingerprint density at radius 2 is 2.08 bits per heavy atom. The Morgan fingerprint density at radius 1 is 1.25 bits per heavy atom. The van der Waals surface area contributed by atoms with E-state index >= 15 is 0 Å². The Balaban J connectivity index is 1.67. The number of hydrogen-bond acceptors (Lipinski definition) is 4. The van der Waals surface area contributed by atoms with Crippen molar-refractivity contribution < 1.29 is 4.79 Å². The highest BCUT2D eigenvalue weighted by Crippen LogP contribution is 2.26. The van der Waals surface area contributed by atoms with Crippen molar-refractivity contribution in [2.24, 2.45) is 0 Å². The molecule has 0 radical (unpaired) electrons. The average molecular weight is 340 g/mol. The number of thiophene rings is 1. The number of aromatic nitrogens is 2. The number of benzene rings is 1. The number of carbonyl (C=O) groups excluding carboxylic acids is 1. The second-order valence-corrected chi connectivity index (χ2v) is 6.98. The summed E-state index contributed by atoms with van der Waals surface area (Å²) in [6.45, 7) is 3.75. The third-order valence-corrected chi connectivity index (χ3v) is 5.36. The molecule has 1 aliphatic rings. The Bertz CT molecular complexity index is 876. The molecule has 2 aromatic heterocycles. The maximum absolute atomic E-state index is 12.8. The smallest absolute Gasteiger partial charge is 0.256 e. The lowest BCUT2D eigenvalue weighted by Gasteiger charge is -2.26. The fourth-order valence-corrected chi connectivity index (χ4v) is 3.93. The van der Waals surface area contributed by atoms with Gasteiger partial charge in [-0.1, -0.05) is 6.07 Å². The summed E-state index contributed by atoms with van der Waals surface area (Å²) in [6.07, 6.45) is 3.39. The van der Waals surface area contributed by atoms with Gasteiger partial charge in [0.1, 0.15) is 5.52 Å². The number of hydrogen-bond donors (Lipinski definition) is 2. The van der Waals surface area contributed by atoms with Crippen LogP contribution in [-0.4, -0.2) is 33.9 Å². The quantitative estimate of drug-likeness (QED) is 0.747. The second kappa shape index (κ2) is 6.28. The molecular weight excluding hydrogens is 320 g/mol. The van der Waals surface area contributed by atoms with Crippen LogP contribution in [-0.2, 0) is 0 Å². The monoisotopic (exact) mass is 340 g/mol. The van der Waals surface area contributed by atoms with Crippen LogP contribution in [0.25, 0.3) is 11.0 Å². The Morgan fingerprint density at radius 3 is 2.83 bits per heavy atom. The Labute approximate surface area is 144 Å². The molecule has 5 nitrogen and oxygen atoms in total. The third kappa shape index (κ3) is 2.78. The minimum Gasteiger partial charge on any atom is -0.339 e. The number of aromatic amines is 1. The molecule has 3 aromatic rings. The molecule has 0 aliphatic carbocycles. The van der Waals surface area contributed by atoms with Crippen LogP contribution < -0.4 is 5.32 Å². The predicted octanol–water partition coefficient (Wildman–Crippen LogP) is 4.30. The van der Waals surface area contributed by atoms with Crippen LogP contribution in [0.15, 0.2) is 29.0 Å². The van der Waals surface area contributed by atoms with Crippen molar-refractivity contribution in [3.63, 3.8) is 0 Å². The maximum Gasteiger partial charge on any atom is 0.256 e. The minimum atomic E-state index is 0.0880. The summed E-state index contributed by atoms with van der Waals surface area (Å²) in [5.41, 5.74) is 4.53. The first-order chi connectivity index (χ1) is 11.7. The van der Waals surface area contributed by atoms with Crippen LogP contribution in [0.4, 0.5) is 11.6 Å². The van der Waals surface area contributed by atoms with Crippen LogP contribution in [0.3, 0.4) is 0 Å². The van der Waals surface area contributed by atoms with E-state index in [1.54, 1.807) is 11.3 Å². The molecule has 124 valence electrons. The lowest BCUT2D eigenvalue weighted by atomic mass is 10.1. The van der Waals surface area contributed by atoms with Crippen molar-refractivity contribution >= 4 is 39.9 Å². The number of rotatable bonds is 3. The van der Waals surface area contributed by atoms with Crippen LogP contribution in [0.5, 0.6) is 0 Å². The van der Waals surface area contributed by atoms with Crippen molar-refractivity contribution in [3.8, 4) is 0 Å². The summed E-state index contributed by atoms with van der Waals surface area (Å²) in [7, 11) is 0. The van der Waals surface area contributed by atoms with E-state index < -0.39 is 0 Å². The zero-order valence-electron chi connectivity index (χ0n) is 13.6. The molecule has 6 heteroatoms. The van der Waals surface area contributed by atoms with Crippen LogP contribution in [0.1, 0.15) is 35.2 Å². The molecule has 0 spiro atoms. The van der Waals surface area contributed by atoms with E-state index in [-0.39, 0.29) is 5.91 Å². The fourth-order valence-electron chi connectivity index (χ4n) is 3.15. The van der Waals surface area contributed by atoms with Gasteiger partial charge >= 0.3 is 0 Å². The summed E-state index contributed by atoms with van der Waals surface area (Å²) in [4.78, 5) is 22.7. The molecule has 4 rings (SSSR count). The van der Waals surface area contributed by atoms with Gasteiger partial charge in [0.05, 0.1) is 16.8 Å². The molecule has 0 saturated carbocycles.